The summed E-state index contributed by atoms with van der Waals surface area (Å²) in [7, 11) is 0. The normalized spacial score (nSPS) is 19.2. The van der Waals surface area contributed by atoms with Crippen LogP contribution in [0.2, 0.25) is 0 Å². The summed E-state index contributed by atoms with van der Waals surface area (Å²) >= 11 is 0. The van der Waals surface area contributed by atoms with Crippen molar-refractivity contribution in [2.24, 2.45) is 0 Å². The van der Waals surface area contributed by atoms with Crippen molar-refractivity contribution < 1.29 is 4.74 Å². The van der Waals surface area contributed by atoms with Crippen molar-refractivity contribution in [3.05, 3.63) is 80.4 Å². The van der Waals surface area contributed by atoms with Gasteiger partial charge in [-0.05, 0) is 85.3 Å². The molecule has 2 aliphatic rings. The fraction of sp³-hybridized carbons (Fsp3) is 0.467. The molecule has 4 heterocycles. The van der Waals surface area contributed by atoms with Gasteiger partial charge in [-0.25, -0.2) is 4.68 Å². The summed E-state index contributed by atoms with van der Waals surface area (Å²) in [6, 6.07) is 12.5. The van der Waals surface area contributed by atoms with E-state index in [9.17, 15) is 4.79 Å². The lowest BCUT2D eigenvalue weighted by atomic mass is 9.99. The molecular formula is C30H37N7O2. The Hall–Kier alpha value is -3.56. The third kappa shape index (κ3) is 4.96. The molecule has 0 saturated carbocycles. The van der Waals surface area contributed by atoms with E-state index in [2.05, 4.69) is 87.5 Å². The third-order valence-electron chi connectivity index (χ3n) is 8.36. The van der Waals surface area contributed by atoms with E-state index >= 15 is 0 Å². The minimum absolute atomic E-state index is 0.0915. The quantitative estimate of drug-likeness (QED) is 0.407. The Morgan fingerprint density at radius 1 is 1.00 bits per heavy atom. The predicted octanol–water partition coefficient (Wildman–Crippen LogP) is 3.84. The summed E-state index contributed by atoms with van der Waals surface area (Å²) < 4.78 is 7.75. The number of rotatable bonds is 6. The lowest BCUT2D eigenvalue weighted by Crippen LogP contribution is -2.49. The first kappa shape index (κ1) is 25.7. The summed E-state index contributed by atoms with van der Waals surface area (Å²) in [5.41, 5.74) is 7.49. The van der Waals surface area contributed by atoms with Crippen LogP contribution < -0.4 is 10.5 Å². The molecule has 0 amide bonds. The van der Waals surface area contributed by atoms with E-state index < -0.39 is 0 Å². The molecule has 6 rings (SSSR count). The maximum Gasteiger partial charge on any atom is 0.253 e. The minimum Gasteiger partial charge on any atom is -0.376 e. The predicted molar refractivity (Wildman–Crippen MR) is 152 cm³/mol. The van der Waals surface area contributed by atoms with Crippen molar-refractivity contribution >= 4 is 16.6 Å². The van der Waals surface area contributed by atoms with Crippen molar-refractivity contribution in [1.29, 1.82) is 0 Å². The summed E-state index contributed by atoms with van der Waals surface area (Å²) in [4.78, 5) is 21.7. The largest absolute Gasteiger partial charge is 0.376 e. The Labute approximate surface area is 228 Å². The number of ether oxygens (including phenoxy) is 1. The highest BCUT2D eigenvalue weighted by Gasteiger charge is 2.34. The van der Waals surface area contributed by atoms with Gasteiger partial charge in [-0.15, -0.1) is 5.10 Å². The fourth-order valence-electron chi connectivity index (χ4n) is 6.09. The van der Waals surface area contributed by atoms with Crippen molar-refractivity contribution in [3.8, 4) is 0 Å². The maximum absolute atomic E-state index is 13.7. The number of aryl methyl sites for hydroxylation is 4. The van der Waals surface area contributed by atoms with Crippen LogP contribution in [0, 0.1) is 27.7 Å². The van der Waals surface area contributed by atoms with Gasteiger partial charge < -0.3 is 14.6 Å². The topological polar surface area (TPSA) is 92.2 Å². The number of benzene rings is 2. The average Bonchev–Trinajstić information content (AvgIpc) is 3.62. The van der Waals surface area contributed by atoms with Gasteiger partial charge in [0, 0.05) is 49.4 Å². The first-order chi connectivity index (χ1) is 18.9. The Kier molecular flexibility index (Phi) is 6.95. The standard InChI is InChI=1S/C30H37N7O2/c1-19-7-8-21(3)26(16-19)35-11-13-36(14-12-35)28(29-32-33-34-37(29)18-23-6-5-15-39-23)25-17-24-20(2)9-10-22(4)27(24)31-30(25)38/h7-10,16-17,23,28H,5-6,11-15,18H2,1-4H3,(H,31,38)/t23-,28-/m1/s1. The van der Waals surface area contributed by atoms with Gasteiger partial charge in [-0.3, -0.25) is 9.69 Å². The monoisotopic (exact) mass is 527 g/mol. The van der Waals surface area contributed by atoms with E-state index in [0.717, 1.165) is 67.7 Å². The Morgan fingerprint density at radius 3 is 2.54 bits per heavy atom. The van der Waals surface area contributed by atoms with E-state index in [0.29, 0.717) is 17.9 Å². The number of hydrogen-bond donors (Lipinski definition) is 1. The Balaban J connectivity index is 1.39. The molecule has 2 aromatic heterocycles. The summed E-state index contributed by atoms with van der Waals surface area (Å²) in [5.74, 6) is 0.695. The number of anilines is 1. The molecule has 0 spiro atoms. The Bertz CT molecular complexity index is 1540. The molecule has 1 N–H and O–H groups in total. The highest BCUT2D eigenvalue weighted by atomic mass is 16.5. The maximum atomic E-state index is 13.7. The molecule has 0 aliphatic carbocycles. The molecule has 0 unspecified atom stereocenters. The van der Waals surface area contributed by atoms with Crippen molar-refractivity contribution in [3.63, 3.8) is 0 Å². The van der Waals surface area contributed by atoms with E-state index in [-0.39, 0.29) is 17.7 Å². The van der Waals surface area contributed by atoms with Crippen LogP contribution in [0.4, 0.5) is 5.69 Å². The molecule has 4 aromatic rings. The minimum atomic E-state index is -0.366. The zero-order valence-electron chi connectivity index (χ0n) is 23.3. The summed E-state index contributed by atoms with van der Waals surface area (Å²) in [6.07, 6.45) is 2.14. The average molecular weight is 528 g/mol. The summed E-state index contributed by atoms with van der Waals surface area (Å²) in [6.45, 7) is 13.1. The molecule has 2 saturated heterocycles. The lowest BCUT2D eigenvalue weighted by molar-refractivity contribution is 0.0906. The van der Waals surface area contributed by atoms with Gasteiger partial charge in [-0.1, -0.05) is 24.3 Å². The van der Waals surface area contributed by atoms with Crippen LogP contribution in [-0.2, 0) is 11.3 Å². The number of pyridine rings is 1. The van der Waals surface area contributed by atoms with Crippen molar-refractivity contribution in [2.75, 3.05) is 37.7 Å². The van der Waals surface area contributed by atoms with Gasteiger partial charge >= 0.3 is 0 Å². The van der Waals surface area contributed by atoms with Gasteiger partial charge in [-0.2, -0.15) is 0 Å². The smallest absolute Gasteiger partial charge is 0.253 e. The molecule has 204 valence electrons. The van der Waals surface area contributed by atoms with E-state index in [1.165, 1.54) is 16.8 Å². The molecular weight excluding hydrogens is 490 g/mol. The first-order valence-corrected chi connectivity index (χ1v) is 14.0. The first-order valence-electron chi connectivity index (χ1n) is 14.0. The zero-order chi connectivity index (χ0) is 27.1. The zero-order valence-corrected chi connectivity index (χ0v) is 23.3. The van der Waals surface area contributed by atoms with E-state index in [1.807, 2.05) is 11.6 Å². The van der Waals surface area contributed by atoms with Crippen molar-refractivity contribution in [2.45, 2.75) is 59.2 Å². The van der Waals surface area contributed by atoms with Crippen LogP contribution in [-0.4, -0.2) is 69.0 Å². The van der Waals surface area contributed by atoms with Gasteiger partial charge in [0.2, 0.25) is 0 Å². The second kappa shape index (κ2) is 10.5. The number of piperazine rings is 1. The van der Waals surface area contributed by atoms with E-state index in [4.69, 9.17) is 4.74 Å². The van der Waals surface area contributed by atoms with Crippen LogP contribution in [0.25, 0.3) is 10.9 Å². The second-order valence-electron chi connectivity index (χ2n) is 11.1. The molecule has 9 heteroatoms. The molecule has 9 nitrogen and oxygen atoms in total. The SMILES string of the molecule is Cc1ccc(C)c(N2CCN([C@H](c3cc4c(C)ccc(C)c4[nH]c3=O)c3nnnn3C[C@H]3CCCO3)CC2)c1. The summed E-state index contributed by atoms with van der Waals surface area (Å²) in [5, 5.41) is 14.0. The van der Waals surface area contributed by atoms with E-state index in [1.54, 1.807) is 0 Å². The number of nitrogens with zero attached hydrogens (tertiary/aromatic N) is 6. The second-order valence-corrected chi connectivity index (χ2v) is 11.1. The fourth-order valence-corrected chi connectivity index (χ4v) is 6.09. The Morgan fingerprint density at radius 2 is 1.77 bits per heavy atom. The number of fused-ring (bicyclic) bond motifs is 1. The van der Waals surface area contributed by atoms with Crippen LogP contribution in [0.15, 0.2) is 41.2 Å². The van der Waals surface area contributed by atoms with Crippen LogP contribution in [0.1, 0.15) is 52.5 Å². The van der Waals surface area contributed by atoms with Crippen LogP contribution >= 0.6 is 0 Å². The van der Waals surface area contributed by atoms with Crippen LogP contribution in [0.5, 0.6) is 0 Å². The highest BCUT2D eigenvalue weighted by Crippen LogP contribution is 2.31. The van der Waals surface area contributed by atoms with Gasteiger partial charge in [0.1, 0.15) is 6.04 Å². The lowest BCUT2D eigenvalue weighted by Gasteiger charge is -2.40. The number of tetrazole rings is 1. The third-order valence-corrected chi connectivity index (χ3v) is 8.36. The number of H-pyrrole nitrogens is 1. The molecule has 2 atom stereocenters. The number of nitrogens with one attached hydrogen (secondary N) is 1. The molecule has 2 aliphatic heterocycles. The van der Waals surface area contributed by atoms with Gasteiger partial charge in [0.15, 0.2) is 5.82 Å². The molecule has 0 bridgehead atoms. The molecule has 0 radical (unpaired) electrons. The number of hydrogen-bond acceptors (Lipinski definition) is 7. The van der Waals surface area contributed by atoms with Gasteiger partial charge in [0.25, 0.3) is 5.56 Å². The number of aromatic amines is 1. The number of aromatic nitrogens is 5. The molecule has 39 heavy (non-hydrogen) atoms. The molecule has 2 fully saturated rings. The highest BCUT2D eigenvalue weighted by molar-refractivity contribution is 5.85. The molecule has 2 aromatic carbocycles. The van der Waals surface area contributed by atoms with Gasteiger partial charge in [0.05, 0.1) is 18.2 Å². The van der Waals surface area contributed by atoms with Crippen LogP contribution in [0.3, 0.4) is 0 Å². The van der Waals surface area contributed by atoms with Crippen molar-refractivity contribution in [1.82, 2.24) is 30.1 Å².